The molecular formula is C11H11N5O3. The van der Waals surface area contributed by atoms with Gasteiger partial charge in [-0.25, -0.2) is 4.98 Å². The van der Waals surface area contributed by atoms with Gasteiger partial charge in [-0.3, -0.25) is 14.5 Å². The van der Waals surface area contributed by atoms with Crippen LogP contribution in [0.25, 0.3) is 11.1 Å². The highest BCUT2D eigenvalue weighted by molar-refractivity contribution is 6.04. The number of amides is 2. The average Bonchev–Trinajstić information content (AvgIpc) is 2.94. The fourth-order valence-electron chi connectivity index (χ4n) is 2.21. The van der Waals surface area contributed by atoms with Gasteiger partial charge in [-0.15, -0.1) is 0 Å². The minimum absolute atomic E-state index is 0.102. The number of nitrogens with zero attached hydrogens (tertiary/aromatic N) is 4. The number of primary amides is 1. The molecule has 1 atom stereocenters. The lowest BCUT2D eigenvalue weighted by Gasteiger charge is -2.15. The third-order valence-corrected chi connectivity index (χ3v) is 3.21. The van der Waals surface area contributed by atoms with Crippen LogP contribution in [0.5, 0.6) is 0 Å². The van der Waals surface area contributed by atoms with E-state index in [0.717, 1.165) is 0 Å². The van der Waals surface area contributed by atoms with Gasteiger partial charge in [0.2, 0.25) is 11.8 Å². The van der Waals surface area contributed by atoms with E-state index in [0.29, 0.717) is 22.6 Å². The van der Waals surface area contributed by atoms with Crippen molar-refractivity contribution in [1.29, 1.82) is 0 Å². The van der Waals surface area contributed by atoms with Crippen molar-refractivity contribution in [3.8, 4) is 0 Å². The van der Waals surface area contributed by atoms with E-state index in [4.69, 9.17) is 10.3 Å². The fraction of sp³-hybridized carbons (Fsp3) is 0.364. The zero-order valence-electron chi connectivity index (χ0n) is 10.2. The van der Waals surface area contributed by atoms with Crippen molar-refractivity contribution in [2.24, 2.45) is 11.7 Å². The van der Waals surface area contributed by atoms with Gasteiger partial charge in [0, 0.05) is 13.0 Å². The summed E-state index contributed by atoms with van der Waals surface area (Å²) < 4.78 is 5.03. The van der Waals surface area contributed by atoms with Crippen LogP contribution in [0.1, 0.15) is 12.1 Å². The number of aromatic nitrogens is 3. The molecule has 1 unspecified atom stereocenters. The van der Waals surface area contributed by atoms with Crippen LogP contribution in [0.4, 0.5) is 5.82 Å². The summed E-state index contributed by atoms with van der Waals surface area (Å²) >= 11 is 0. The Hall–Kier alpha value is -2.51. The van der Waals surface area contributed by atoms with Crippen molar-refractivity contribution in [2.75, 3.05) is 11.4 Å². The maximum absolute atomic E-state index is 12.0. The van der Waals surface area contributed by atoms with Crippen molar-refractivity contribution in [1.82, 2.24) is 15.1 Å². The molecule has 1 aliphatic rings. The van der Waals surface area contributed by atoms with Gasteiger partial charge in [0.15, 0.2) is 5.82 Å². The Balaban J connectivity index is 2.08. The fourth-order valence-corrected chi connectivity index (χ4v) is 2.21. The minimum atomic E-state index is -0.488. The number of rotatable bonds is 2. The van der Waals surface area contributed by atoms with Crippen LogP contribution in [-0.4, -0.2) is 33.5 Å². The van der Waals surface area contributed by atoms with Gasteiger partial charge in [-0.1, -0.05) is 5.16 Å². The predicted molar refractivity (Wildman–Crippen MR) is 64.0 cm³/mol. The quantitative estimate of drug-likeness (QED) is 0.798. The van der Waals surface area contributed by atoms with Gasteiger partial charge in [-0.2, -0.15) is 4.98 Å². The Morgan fingerprint density at radius 2 is 2.32 bits per heavy atom. The molecule has 8 nitrogen and oxygen atoms in total. The smallest absolute Gasteiger partial charge is 0.263 e. The molecule has 0 radical (unpaired) electrons. The lowest BCUT2D eigenvalue weighted by molar-refractivity contribution is -0.123. The second kappa shape index (κ2) is 4.01. The molecule has 2 aromatic rings. The third-order valence-electron chi connectivity index (χ3n) is 3.21. The number of hydrogen-bond donors (Lipinski definition) is 1. The summed E-state index contributed by atoms with van der Waals surface area (Å²) in [6.45, 7) is 1.97. The highest BCUT2D eigenvalue weighted by Gasteiger charge is 2.36. The summed E-state index contributed by atoms with van der Waals surface area (Å²) in [6, 6.07) is 0. The first-order valence-corrected chi connectivity index (χ1v) is 5.74. The first-order chi connectivity index (χ1) is 9.08. The van der Waals surface area contributed by atoms with Crippen molar-refractivity contribution < 1.29 is 14.1 Å². The summed E-state index contributed by atoms with van der Waals surface area (Å²) in [5.41, 5.74) is 6.16. The van der Waals surface area contributed by atoms with E-state index >= 15 is 0 Å². The van der Waals surface area contributed by atoms with E-state index in [-0.39, 0.29) is 18.9 Å². The Kier molecular flexibility index (Phi) is 2.44. The molecule has 19 heavy (non-hydrogen) atoms. The number of fused-ring (bicyclic) bond motifs is 1. The number of carbonyl (C=O) groups is 2. The lowest BCUT2D eigenvalue weighted by atomic mass is 10.1. The van der Waals surface area contributed by atoms with Crippen LogP contribution in [0.15, 0.2) is 10.9 Å². The highest BCUT2D eigenvalue weighted by Crippen LogP contribution is 2.30. The second-order valence-electron chi connectivity index (χ2n) is 4.45. The predicted octanol–water partition coefficient (Wildman–Crippen LogP) is -0.236. The van der Waals surface area contributed by atoms with Gasteiger partial charge < -0.3 is 10.3 Å². The van der Waals surface area contributed by atoms with Crippen LogP contribution in [0.2, 0.25) is 0 Å². The summed E-state index contributed by atoms with van der Waals surface area (Å²) in [7, 11) is 0. The van der Waals surface area contributed by atoms with Gasteiger partial charge >= 0.3 is 0 Å². The van der Waals surface area contributed by atoms with Crippen molar-refractivity contribution in [2.45, 2.75) is 13.3 Å². The normalized spacial score (nSPS) is 19.3. The van der Waals surface area contributed by atoms with E-state index in [1.165, 1.54) is 11.2 Å². The first-order valence-electron chi connectivity index (χ1n) is 5.74. The first kappa shape index (κ1) is 11.6. The standard InChI is InChI=1S/C11H11N5O3/c1-5-8-10(13-4-14-11(8)19-15-5)16-3-6(9(12)18)2-7(16)17/h4,6H,2-3H2,1H3,(H2,12,18). The Labute approximate surface area is 107 Å². The van der Waals surface area contributed by atoms with Crippen LogP contribution in [0.3, 0.4) is 0 Å². The molecule has 1 aliphatic heterocycles. The average molecular weight is 261 g/mol. The molecule has 1 saturated heterocycles. The molecule has 2 N–H and O–H groups in total. The van der Waals surface area contributed by atoms with E-state index < -0.39 is 11.8 Å². The van der Waals surface area contributed by atoms with E-state index in [9.17, 15) is 9.59 Å². The van der Waals surface area contributed by atoms with Crippen LogP contribution in [0, 0.1) is 12.8 Å². The molecule has 0 spiro atoms. The molecule has 0 aromatic carbocycles. The molecule has 98 valence electrons. The van der Waals surface area contributed by atoms with E-state index in [2.05, 4.69) is 15.1 Å². The topological polar surface area (TPSA) is 115 Å². The molecule has 0 bridgehead atoms. The van der Waals surface area contributed by atoms with E-state index in [1.54, 1.807) is 6.92 Å². The monoisotopic (exact) mass is 261 g/mol. The van der Waals surface area contributed by atoms with Crippen LogP contribution in [-0.2, 0) is 9.59 Å². The summed E-state index contributed by atoms with van der Waals surface area (Å²) in [4.78, 5) is 32.6. The van der Waals surface area contributed by atoms with Gasteiger partial charge in [0.1, 0.15) is 11.7 Å². The molecule has 3 rings (SSSR count). The van der Waals surface area contributed by atoms with Gasteiger partial charge in [-0.05, 0) is 6.92 Å². The number of anilines is 1. The largest absolute Gasteiger partial charge is 0.369 e. The van der Waals surface area contributed by atoms with Gasteiger partial charge in [0.05, 0.1) is 11.6 Å². The molecule has 2 aromatic heterocycles. The van der Waals surface area contributed by atoms with Crippen LogP contribution >= 0.6 is 0 Å². The summed E-state index contributed by atoms with van der Waals surface area (Å²) in [5.74, 6) is -0.747. The molecule has 0 aliphatic carbocycles. The maximum atomic E-state index is 12.0. The molecule has 2 amide bonds. The number of nitrogens with two attached hydrogens (primary N) is 1. The molecule has 0 saturated carbocycles. The molecular weight excluding hydrogens is 250 g/mol. The van der Waals surface area contributed by atoms with Gasteiger partial charge in [0.25, 0.3) is 5.71 Å². The lowest BCUT2D eigenvalue weighted by Crippen LogP contribution is -2.29. The Bertz CT molecular complexity index is 680. The Morgan fingerprint density at radius 3 is 3.00 bits per heavy atom. The van der Waals surface area contributed by atoms with Crippen LogP contribution < -0.4 is 10.6 Å². The molecule has 1 fully saturated rings. The number of carbonyl (C=O) groups excluding carboxylic acids is 2. The number of hydrogen-bond acceptors (Lipinski definition) is 6. The van der Waals surface area contributed by atoms with Crippen molar-refractivity contribution in [3.05, 3.63) is 12.0 Å². The number of aryl methyl sites for hydroxylation is 1. The molecule has 3 heterocycles. The third kappa shape index (κ3) is 1.72. The SMILES string of the molecule is Cc1noc2ncnc(N3CC(C(N)=O)CC3=O)c12. The minimum Gasteiger partial charge on any atom is -0.369 e. The molecule has 8 heteroatoms. The second-order valence-corrected chi connectivity index (χ2v) is 4.45. The summed E-state index contributed by atoms with van der Waals surface area (Å²) in [6.07, 6.45) is 1.40. The zero-order chi connectivity index (χ0) is 13.6. The zero-order valence-corrected chi connectivity index (χ0v) is 10.2. The van der Waals surface area contributed by atoms with Crippen molar-refractivity contribution in [3.63, 3.8) is 0 Å². The summed E-state index contributed by atoms with van der Waals surface area (Å²) in [5, 5.41) is 4.38. The Morgan fingerprint density at radius 1 is 1.53 bits per heavy atom. The van der Waals surface area contributed by atoms with E-state index in [1.807, 2.05) is 0 Å². The van der Waals surface area contributed by atoms with Crippen molar-refractivity contribution >= 4 is 28.7 Å². The maximum Gasteiger partial charge on any atom is 0.263 e. The highest BCUT2D eigenvalue weighted by atomic mass is 16.5.